The summed E-state index contributed by atoms with van der Waals surface area (Å²) in [7, 11) is 0. The molecule has 3 rings (SSSR count). The van der Waals surface area contributed by atoms with Crippen LogP contribution in [0.2, 0.25) is 0 Å². The maximum absolute atomic E-state index is 13.9. The quantitative estimate of drug-likeness (QED) is 0.313. The number of nitrogens with zero attached hydrogens (tertiary/aromatic N) is 4. The number of hydrogen-bond donors (Lipinski definition) is 2. The Bertz CT molecular complexity index is 1170. The molecule has 2 amide bonds. The van der Waals surface area contributed by atoms with Crippen molar-refractivity contribution in [1.82, 2.24) is 25.7 Å². The van der Waals surface area contributed by atoms with E-state index in [4.69, 9.17) is 0 Å². The van der Waals surface area contributed by atoms with Crippen molar-refractivity contribution in [1.29, 1.82) is 0 Å². The van der Waals surface area contributed by atoms with Gasteiger partial charge in [0, 0.05) is 25.5 Å². The molecule has 186 valence electrons. The number of carbonyl (C=O) groups is 2. The minimum atomic E-state index is -4.91. The first-order valence-electron chi connectivity index (χ1n) is 10.3. The monoisotopic (exact) mass is 512 g/mol. The number of aromatic nitrogens is 4. The summed E-state index contributed by atoms with van der Waals surface area (Å²) in [6, 6.07) is 5.99. The highest BCUT2D eigenvalue weighted by atomic mass is 32.1. The highest BCUT2D eigenvalue weighted by Gasteiger charge is 2.31. The largest absolute Gasteiger partial charge is 0.573 e. The summed E-state index contributed by atoms with van der Waals surface area (Å²) < 4.78 is 54.7. The van der Waals surface area contributed by atoms with Crippen LogP contribution < -0.4 is 15.4 Å². The molecule has 0 fully saturated rings. The standard InChI is InChI=1S/C21H20F4N6O3S/c1-12(32)27-17-9-6-14(28-29-17)4-2-3-5-18-30-31-20(35-18)19(33)26-11-13-10-15(7-8-16(13)22)34-21(23,24)25/h6-10H,2-5,11H2,1H3,(H,26,33)(H,27,29,32). The maximum atomic E-state index is 13.9. The van der Waals surface area contributed by atoms with Crippen LogP contribution in [-0.2, 0) is 24.2 Å². The molecule has 2 aromatic heterocycles. The lowest BCUT2D eigenvalue weighted by molar-refractivity contribution is -0.274. The Morgan fingerprint density at radius 3 is 2.49 bits per heavy atom. The van der Waals surface area contributed by atoms with Crippen molar-refractivity contribution >= 4 is 29.0 Å². The number of rotatable bonds is 10. The summed E-state index contributed by atoms with van der Waals surface area (Å²) in [6.45, 7) is 1.03. The molecule has 0 saturated carbocycles. The number of nitrogens with one attached hydrogen (secondary N) is 2. The predicted molar refractivity (Wildman–Crippen MR) is 117 cm³/mol. The molecule has 2 heterocycles. The van der Waals surface area contributed by atoms with Gasteiger partial charge in [0.1, 0.15) is 16.6 Å². The first kappa shape index (κ1) is 25.9. The average molecular weight is 512 g/mol. The van der Waals surface area contributed by atoms with Crippen LogP contribution in [0.15, 0.2) is 30.3 Å². The van der Waals surface area contributed by atoms with E-state index in [9.17, 15) is 27.2 Å². The van der Waals surface area contributed by atoms with Crippen molar-refractivity contribution in [3.05, 3.63) is 57.4 Å². The van der Waals surface area contributed by atoms with Crippen LogP contribution in [0.25, 0.3) is 0 Å². The number of ether oxygens (including phenoxy) is 1. The van der Waals surface area contributed by atoms with Crippen LogP contribution in [0, 0.1) is 5.82 Å². The molecule has 14 heteroatoms. The van der Waals surface area contributed by atoms with Gasteiger partial charge in [0.05, 0.1) is 5.69 Å². The van der Waals surface area contributed by atoms with Gasteiger partial charge in [0.15, 0.2) is 5.82 Å². The molecule has 0 radical (unpaired) electrons. The SMILES string of the molecule is CC(=O)Nc1ccc(CCCCc2nnc(C(=O)NCc3cc(OC(F)(F)F)ccc3F)s2)nn1. The second-order valence-electron chi connectivity index (χ2n) is 7.28. The lowest BCUT2D eigenvalue weighted by Crippen LogP contribution is -2.23. The van der Waals surface area contributed by atoms with E-state index in [1.165, 1.54) is 6.92 Å². The molecule has 0 aliphatic heterocycles. The summed E-state index contributed by atoms with van der Waals surface area (Å²) in [6.07, 6.45) is -2.13. The van der Waals surface area contributed by atoms with Gasteiger partial charge in [-0.05, 0) is 49.6 Å². The van der Waals surface area contributed by atoms with Gasteiger partial charge >= 0.3 is 6.36 Å². The fraction of sp³-hybridized carbons (Fsp3) is 0.333. The second-order valence-corrected chi connectivity index (χ2v) is 8.34. The first-order chi connectivity index (χ1) is 16.6. The predicted octanol–water partition coefficient (Wildman–Crippen LogP) is 3.82. The Morgan fingerprint density at radius 2 is 1.80 bits per heavy atom. The van der Waals surface area contributed by atoms with E-state index in [-0.39, 0.29) is 23.0 Å². The Hall–Kier alpha value is -3.68. The van der Waals surface area contributed by atoms with E-state index in [1.54, 1.807) is 12.1 Å². The first-order valence-corrected chi connectivity index (χ1v) is 11.2. The molecule has 3 aromatic rings. The molecule has 35 heavy (non-hydrogen) atoms. The van der Waals surface area contributed by atoms with Crippen molar-refractivity contribution in [2.75, 3.05) is 5.32 Å². The maximum Gasteiger partial charge on any atom is 0.573 e. The lowest BCUT2D eigenvalue weighted by atomic mass is 10.1. The van der Waals surface area contributed by atoms with Gasteiger partial charge in [-0.25, -0.2) is 4.39 Å². The molecular formula is C21H20F4N6O3S. The van der Waals surface area contributed by atoms with Gasteiger partial charge < -0.3 is 15.4 Å². The van der Waals surface area contributed by atoms with E-state index < -0.39 is 23.8 Å². The molecule has 1 aromatic carbocycles. The molecule has 0 bridgehead atoms. The molecule has 0 spiro atoms. The number of halogens is 4. The number of aryl methyl sites for hydroxylation is 2. The normalized spacial score (nSPS) is 11.2. The van der Waals surface area contributed by atoms with Crippen LogP contribution in [0.4, 0.5) is 23.4 Å². The third kappa shape index (κ3) is 8.55. The van der Waals surface area contributed by atoms with E-state index in [1.807, 2.05) is 0 Å². The van der Waals surface area contributed by atoms with Gasteiger partial charge in [0.2, 0.25) is 10.9 Å². The van der Waals surface area contributed by atoms with Crippen molar-refractivity contribution in [2.24, 2.45) is 0 Å². The number of carbonyl (C=O) groups excluding carboxylic acids is 2. The number of anilines is 1. The number of hydrogen-bond acceptors (Lipinski definition) is 8. The Morgan fingerprint density at radius 1 is 1.03 bits per heavy atom. The molecular weight excluding hydrogens is 492 g/mol. The third-order valence-corrected chi connectivity index (χ3v) is 5.43. The minimum absolute atomic E-state index is 0.0579. The van der Waals surface area contributed by atoms with Gasteiger partial charge in [-0.2, -0.15) is 5.10 Å². The van der Waals surface area contributed by atoms with Gasteiger partial charge in [-0.15, -0.1) is 28.5 Å². The zero-order valence-electron chi connectivity index (χ0n) is 18.4. The Balaban J connectivity index is 1.44. The molecule has 0 aliphatic rings. The van der Waals surface area contributed by atoms with Gasteiger partial charge in [0.25, 0.3) is 5.91 Å². The van der Waals surface area contributed by atoms with Crippen LogP contribution in [0.3, 0.4) is 0 Å². The lowest BCUT2D eigenvalue weighted by Gasteiger charge is -2.11. The minimum Gasteiger partial charge on any atom is -0.406 e. The molecule has 0 atom stereocenters. The highest BCUT2D eigenvalue weighted by molar-refractivity contribution is 7.13. The fourth-order valence-corrected chi connectivity index (χ4v) is 3.70. The second kappa shape index (κ2) is 11.6. The summed E-state index contributed by atoms with van der Waals surface area (Å²) in [5.41, 5.74) is 0.603. The van der Waals surface area contributed by atoms with E-state index in [0.29, 0.717) is 23.7 Å². The topological polar surface area (TPSA) is 119 Å². The van der Waals surface area contributed by atoms with Crippen LogP contribution in [0.1, 0.15) is 45.8 Å². The van der Waals surface area contributed by atoms with Crippen molar-refractivity contribution in [2.45, 2.75) is 45.5 Å². The summed E-state index contributed by atoms with van der Waals surface area (Å²) in [5, 5.41) is 21.4. The van der Waals surface area contributed by atoms with Gasteiger partial charge in [-0.1, -0.05) is 11.3 Å². The molecule has 0 unspecified atom stereocenters. The molecule has 2 N–H and O–H groups in total. The highest BCUT2D eigenvalue weighted by Crippen LogP contribution is 2.24. The molecule has 0 saturated heterocycles. The van der Waals surface area contributed by atoms with Crippen LogP contribution >= 0.6 is 11.3 Å². The Labute approximate surface area is 200 Å². The van der Waals surface area contributed by atoms with Crippen molar-refractivity contribution < 1.29 is 31.9 Å². The van der Waals surface area contributed by atoms with Gasteiger partial charge in [-0.3, -0.25) is 9.59 Å². The number of unbranched alkanes of at least 4 members (excludes halogenated alkanes) is 1. The molecule has 9 nitrogen and oxygen atoms in total. The van der Waals surface area contributed by atoms with E-state index in [2.05, 4.69) is 35.8 Å². The summed E-state index contributed by atoms with van der Waals surface area (Å²) >= 11 is 1.08. The number of amides is 2. The number of alkyl halides is 3. The van der Waals surface area contributed by atoms with Crippen LogP contribution in [-0.4, -0.2) is 38.6 Å². The van der Waals surface area contributed by atoms with Crippen LogP contribution in [0.5, 0.6) is 5.75 Å². The third-order valence-electron chi connectivity index (χ3n) is 4.45. The molecule has 0 aliphatic carbocycles. The average Bonchev–Trinajstić information content (AvgIpc) is 3.26. The van der Waals surface area contributed by atoms with E-state index in [0.717, 1.165) is 48.1 Å². The van der Waals surface area contributed by atoms with Crippen molar-refractivity contribution in [3.63, 3.8) is 0 Å². The summed E-state index contributed by atoms with van der Waals surface area (Å²) in [5.74, 6) is -1.84. The van der Waals surface area contributed by atoms with Crippen molar-refractivity contribution in [3.8, 4) is 5.75 Å². The smallest absolute Gasteiger partial charge is 0.406 e. The zero-order valence-corrected chi connectivity index (χ0v) is 19.2. The number of benzene rings is 1. The fourth-order valence-electron chi connectivity index (χ4n) is 2.90. The Kier molecular flexibility index (Phi) is 8.63. The summed E-state index contributed by atoms with van der Waals surface area (Å²) in [4.78, 5) is 23.3. The van der Waals surface area contributed by atoms with E-state index >= 15 is 0 Å². The zero-order chi connectivity index (χ0) is 25.4.